The highest BCUT2D eigenvalue weighted by molar-refractivity contribution is 5.78. The average molecular weight is 438 g/mol. The molecule has 1 saturated heterocycles. The number of carbonyl (C=O) groups excluding carboxylic acids is 1. The van der Waals surface area contributed by atoms with Crippen molar-refractivity contribution in [2.45, 2.75) is 31.6 Å². The number of nitrogens with zero attached hydrogens (tertiary/aromatic N) is 2. The van der Waals surface area contributed by atoms with Gasteiger partial charge in [0.1, 0.15) is 11.9 Å². The van der Waals surface area contributed by atoms with Crippen molar-refractivity contribution < 1.29 is 23.0 Å². The van der Waals surface area contributed by atoms with Crippen LogP contribution in [0.4, 0.5) is 8.78 Å². The number of benzene rings is 2. The third-order valence-electron chi connectivity index (χ3n) is 5.62. The van der Waals surface area contributed by atoms with E-state index in [2.05, 4.69) is 4.98 Å². The van der Waals surface area contributed by atoms with Gasteiger partial charge in [-0.1, -0.05) is 24.3 Å². The smallest absolute Gasteiger partial charge is 0.223 e. The lowest BCUT2D eigenvalue weighted by Crippen LogP contribution is -2.35. The molecule has 0 N–H and O–H groups in total. The molecule has 0 aliphatic carbocycles. The minimum atomic E-state index is -0.960. The van der Waals surface area contributed by atoms with E-state index in [0.29, 0.717) is 18.5 Å². The number of hydrogen-bond donors (Lipinski definition) is 0. The maximum atomic E-state index is 14.2. The molecule has 32 heavy (non-hydrogen) atoms. The van der Waals surface area contributed by atoms with Gasteiger partial charge in [0.15, 0.2) is 11.6 Å². The molecule has 4 rings (SSSR count). The third-order valence-corrected chi connectivity index (χ3v) is 5.62. The predicted molar refractivity (Wildman–Crippen MR) is 115 cm³/mol. The molecule has 2 atom stereocenters. The number of pyridine rings is 1. The molecule has 2 heterocycles. The van der Waals surface area contributed by atoms with Gasteiger partial charge in [-0.05, 0) is 53.4 Å². The van der Waals surface area contributed by atoms with E-state index < -0.39 is 23.8 Å². The van der Waals surface area contributed by atoms with Gasteiger partial charge < -0.3 is 14.4 Å². The van der Waals surface area contributed by atoms with E-state index in [1.165, 1.54) is 6.07 Å². The van der Waals surface area contributed by atoms with Gasteiger partial charge in [0.05, 0.1) is 19.8 Å². The molecular weight excluding hydrogens is 414 g/mol. The summed E-state index contributed by atoms with van der Waals surface area (Å²) in [5.74, 6) is -1.17. The first-order valence-corrected chi connectivity index (χ1v) is 10.5. The van der Waals surface area contributed by atoms with Crippen molar-refractivity contribution >= 4 is 5.91 Å². The highest BCUT2D eigenvalue weighted by Gasteiger charge is 2.36. The molecule has 7 heteroatoms. The fraction of sp³-hybridized carbons (Fsp3) is 0.280. The van der Waals surface area contributed by atoms with Gasteiger partial charge in [-0.15, -0.1) is 0 Å². The number of ether oxygens (including phenoxy) is 2. The maximum absolute atomic E-state index is 14.2. The minimum absolute atomic E-state index is 0.000478. The van der Waals surface area contributed by atoms with Crippen molar-refractivity contribution in [2.24, 2.45) is 0 Å². The topological polar surface area (TPSA) is 51.7 Å². The zero-order chi connectivity index (χ0) is 22.5. The van der Waals surface area contributed by atoms with Crippen LogP contribution in [0.1, 0.15) is 41.7 Å². The SMILES string of the molecule is COc1ccc(CO[C@@H](c2ccc(F)c(F)c2)C(c2cccnc2)N2CCCC2=O)cc1. The Morgan fingerprint density at radius 1 is 1.06 bits per heavy atom. The predicted octanol–water partition coefficient (Wildman–Crippen LogP) is 4.99. The van der Waals surface area contributed by atoms with Crippen molar-refractivity contribution in [1.29, 1.82) is 0 Å². The van der Waals surface area contributed by atoms with E-state index in [4.69, 9.17) is 9.47 Å². The summed E-state index contributed by atoms with van der Waals surface area (Å²) in [5.41, 5.74) is 2.11. The summed E-state index contributed by atoms with van der Waals surface area (Å²) in [4.78, 5) is 18.6. The van der Waals surface area contributed by atoms with Crippen LogP contribution in [0.5, 0.6) is 5.75 Å². The van der Waals surface area contributed by atoms with Crippen LogP contribution in [0.2, 0.25) is 0 Å². The Hall–Kier alpha value is -3.32. The Morgan fingerprint density at radius 2 is 1.88 bits per heavy atom. The number of methoxy groups -OCH3 is 1. The number of aromatic nitrogens is 1. The maximum Gasteiger partial charge on any atom is 0.223 e. The summed E-state index contributed by atoms with van der Waals surface area (Å²) in [6.45, 7) is 0.775. The molecule has 1 unspecified atom stereocenters. The van der Waals surface area contributed by atoms with Crippen molar-refractivity contribution in [3.63, 3.8) is 0 Å². The van der Waals surface area contributed by atoms with E-state index >= 15 is 0 Å². The van der Waals surface area contributed by atoms with E-state index in [0.717, 1.165) is 35.4 Å². The molecule has 166 valence electrons. The quantitative estimate of drug-likeness (QED) is 0.497. The van der Waals surface area contributed by atoms with Crippen LogP contribution in [0, 0.1) is 11.6 Å². The Kier molecular flexibility index (Phi) is 6.75. The Balaban J connectivity index is 1.72. The number of likely N-dealkylation sites (tertiary alicyclic amines) is 1. The van der Waals surface area contributed by atoms with Crippen molar-refractivity contribution in [3.8, 4) is 5.75 Å². The monoisotopic (exact) mass is 438 g/mol. The zero-order valence-corrected chi connectivity index (χ0v) is 17.7. The van der Waals surface area contributed by atoms with Crippen LogP contribution in [-0.2, 0) is 16.1 Å². The van der Waals surface area contributed by atoms with Gasteiger partial charge in [-0.3, -0.25) is 9.78 Å². The summed E-state index contributed by atoms with van der Waals surface area (Å²) in [6, 6.07) is 14.3. The molecule has 3 aromatic rings. The summed E-state index contributed by atoms with van der Waals surface area (Å²) in [7, 11) is 1.59. The van der Waals surface area contributed by atoms with E-state index in [1.54, 1.807) is 30.5 Å². The minimum Gasteiger partial charge on any atom is -0.497 e. The molecule has 2 aromatic carbocycles. The van der Waals surface area contributed by atoms with Gasteiger partial charge in [0.2, 0.25) is 5.91 Å². The molecule has 1 aliphatic rings. The van der Waals surface area contributed by atoms with Crippen LogP contribution in [0.15, 0.2) is 67.0 Å². The molecule has 1 aromatic heterocycles. The number of halogens is 2. The van der Waals surface area contributed by atoms with Crippen molar-refractivity contribution in [3.05, 3.63) is 95.3 Å². The van der Waals surface area contributed by atoms with Gasteiger partial charge in [-0.2, -0.15) is 0 Å². The fourth-order valence-corrected chi connectivity index (χ4v) is 4.00. The second-order valence-electron chi connectivity index (χ2n) is 7.68. The van der Waals surface area contributed by atoms with Crippen LogP contribution in [0.25, 0.3) is 0 Å². The highest BCUT2D eigenvalue weighted by Crippen LogP contribution is 2.40. The molecule has 1 amide bonds. The molecule has 1 fully saturated rings. The standard InChI is InChI=1S/C25H24F2N2O3/c1-31-20-9-6-17(7-10-20)16-32-25(18-8-11-21(26)22(27)14-18)24(19-4-2-12-28-15-19)29-13-3-5-23(29)30/h2,4,6-12,14-15,24-25H,3,5,13,16H2,1H3/t24?,25-/m0/s1. The first-order chi connectivity index (χ1) is 15.6. The summed E-state index contributed by atoms with van der Waals surface area (Å²) in [5, 5.41) is 0. The molecular formula is C25H24F2N2O3. The summed E-state index contributed by atoms with van der Waals surface area (Å²) >= 11 is 0. The van der Waals surface area contributed by atoms with Crippen molar-refractivity contribution in [1.82, 2.24) is 9.88 Å². The Labute approximate surface area is 185 Å². The first-order valence-electron chi connectivity index (χ1n) is 10.5. The molecule has 0 saturated carbocycles. The lowest BCUT2D eigenvalue weighted by molar-refractivity contribution is -0.134. The number of carbonyl (C=O) groups is 1. The largest absolute Gasteiger partial charge is 0.497 e. The molecule has 0 radical (unpaired) electrons. The van der Waals surface area contributed by atoms with Crippen LogP contribution in [-0.4, -0.2) is 29.4 Å². The number of amides is 1. The van der Waals surface area contributed by atoms with Crippen LogP contribution in [0.3, 0.4) is 0 Å². The zero-order valence-electron chi connectivity index (χ0n) is 17.7. The first kappa shape index (κ1) is 21.9. The summed E-state index contributed by atoms with van der Waals surface area (Å²) in [6.07, 6.45) is 3.79. The Morgan fingerprint density at radius 3 is 2.50 bits per heavy atom. The van der Waals surface area contributed by atoms with E-state index in [1.807, 2.05) is 30.3 Å². The Bertz CT molecular complexity index is 1060. The van der Waals surface area contributed by atoms with Gasteiger partial charge in [0.25, 0.3) is 0 Å². The van der Waals surface area contributed by atoms with E-state index in [-0.39, 0.29) is 12.5 Å². The summed E-state index contributed by atoms with van der Waals surface area (Å²) < 4.78 is 39.3. The second kappa shape index (κ2) is 9.87. The lowest BCUT2D eigenvalue weighted by atomic mass is 9.95. The van der Waals surface area contributed by atoms with E-state index in [9.17, 15) is 13.6 Å². The molecule has 0 spiro atoms. The number of hydrogen-bond acceptors (Lipinski definition) is 4. The van der Waals surface area contributed by atoms with Gasteiger partial charge in [-0.25, -0.2) is 8.78 Å². The van der Waals surface area contributed by atoms with Crippen molar-refractivity contribution in [2.75, 3.05) is 13.7 Å². The fourth-order valence-electron chi connectivity index (χ4n) is 4.00. The van der Waals surface area contributed by atoms with Crippen LogP contribution < -0.4 is 4.74 Å². The molecule has 5 nitrogen and oxygen atoms in total. The third kappa shape index (κ3) is 4.78. The molecule has 1 aliphatic heterocycles. The highest BCUT2D eigenvalue weighted by atomic mass is 19.2. The average Bonchev–Trinajstić information content (AvgIpc) is 3.24. The van der Waals surface area contributed by atoms with Gasteiger partial charge >= 0.3 is 0 Å². The molecule has 0 bridgehead atoms. The van der Waals surface area contributed by atoms with Gasteiger partial charge in [0, 0.05) is 25.4 Å². The second-order valence-corrected chi connectivity index (χ2v) is 7.68. The number of rotatable bonds is 8. The normalized spacial score (nSPS) is 15.6. The lowest BCUT2D eigenvalue weighted by Gasteiger charge is -2.35. The van der Waals surface area contributed by atoms with Crippen LogP contribution >= 0.6 is 0 Å².